The first-order valence-corrected chi connectivity index (χ1v) is 6.16. The Balaban J connectivity index is 2.25. The minimum Gasteiger partial charge on any atom is -0.344 e. The highest BCUT2D eigenvalue weighted by molar-refractivity contribution is 5.11. The average Bonchev–Trinajstić information content (AvgIpc) is 2.87. The quantitative estimate of drug-likeness (QED) is 0.881. The zero-order valence-electron chi connectivity index (χ0n) is 11.0. The third-order valence-electron chi connectivity index (χ3n) is 3.05. The van der Waals surface area contributed by atoms with Gasteiger partial charge in [0.2, 0.25) is 0 Å². The van der Waals surface area contributed by atoms with E-state index in [2.05, 4.69) is 40.3 Å². The molecule has 0 aliphatic rings. The molecular formula is C13H20N4. The van der Waals surface area contributed by atoms with Gasteiger partial charge in [-0.15, -0.1) is 0 Å². The van der Waals surface area contributed by atoms with Gasteiger partial charge in [0.15, 0.2) is 0 Å². The summed E-state index contributed by atoms with van der Waals surface area (Å²) < 4.78 is 2.23. The standard InChI is InChI=1S/C13H20N4/c1-5-11-6-15-13(16-11)8-17-10(4)14-7-12(17)9(2)3/h6-7,9H,5,8H2,1-4H3,(H,15,16). The Labute approximate surface area is 102 Å². The summed E-state index contributed by atoms with van der Waals surface area (Å²) >= 11 is 0. The predicted octanol–water partition coefficient (Wildman–Crippen LogP) is 2.65. The van der Waals surface area contributed by atoms with Crippen molar-refractivity contribution in [2.75, 3.05) is 0 Å². The van der Waals surface area contributed by atoms with Gasteiger partial charge in [0.1, 0.15) is 11.6 Å². The number of aromatic amines is 1. The summed E-state index contributed by atoms with van der Waals surface area (Å²) in [7, 11) is 0. The fourth-order valence-electron chi connectivity index (χ4n) is 1.97. The van der Waals surface area contributed by atoms with E-state index in [-0.39, 0.29) is 0 Å². The fourth-order valence-corrected chi connectivity index (χ4v) is 1.97. The first kappa shape index (κ1) is 11.9. The van der Waals surface area contributed by atoms with E-state index in [0.29, 0.717) is 5.92 Å². The van der Waals surface area contributed by atoms with Crippen molar-refractivity contribution in [3.63, 3.8) is 0 Å². The topological polar surface area (TPSA) is 46.5 Å². The molecule has 0 aromatic carbocycles. The van der Waals surface area contributed by atoms with Gasteiger partial charge in [-0.2, -0.15) is 0 Å². The van der Waals surface area contributed by atoms with Gasteiger partial charge in [-0.3, -0.25) is 0 Å². The molecular weight excluding hydrogens is 212 g/mol. The van der Waals surface area contributed by atoms with Crippen LogP contribution in [-0.4, -0.2) is 19.5 Å². The van der Waals surface area contributed by atoms with Gasteiger partial charge < -0.3 is 9.55 Å². The highest BCUT2D eigenvalue weighted by Crippen LogP contribution is 2.17. The van der Waals surface area contributed by atoms with Crippen molar-refractivity contribution in [3.05, 3.63) is 35.4 Å². The number of nitrogens with zero attached hydrogens (tertiary/aromatic N) is 3. The van der Waals surface area contributed by atoms with Crippen molar-refractivity contribution >= 4 is 0 Å². The van der Waals surface area contributed by atoms with E-state index in [1.54, 1.807) is 0 Å². The lowest BCUT2D eigenvalue weighted by atomic mass is 10.1. The van der Waals surface area contributed by atoms with Gasteiger partial charge in [-0.1, -0.05) is 20.8 Å². The summed E-state index contributed by atoms with van der Waals surface area (Å²) in [6.45, 7) is 9.31. The molecule has 0 fully saturated rings. The minimum atomic E-state index is 0.483. The molecule has 0 atom stereocenters. The van der Waals surface area contributed by atoms with Crippen LogP contribution in [0.3, 0.4) is 0 Å². The Bertz CT molecular complexity index is 493. The van der Waals surface area contributed by atoms with Crippen LogP contribution in [0.4, 0.5) is 0 Å². The molecule has 17 heavy (non-hydrogen) atoms. The summed E-state index contributed by atoms with van der Waals surface area (Å²) in [6.07, 6.45) is 4.87. The van der Waals surface area contributed by atoms with Crippen LogP contribution >= 0.6 is 0 Å². The molecule has 0 saturated carbocycles. The molecule has 92 valence electrons. The van der Waals surface area contributed by atoms with E-state index in [0.717, 1.165) is 24.6 Å². The maximum absolute atomic E-state index is 4.40. The lowest BCUT2D eigenvalue weighted by Crippen LogP contribution is -2.08. The number of nitrogens with one attached hydrogen (secondary N) is 1. The maximum atomic E-state index is 4.40. The van der Waals surface area contributed by atoms with Crippen molar-refractivity contribution < 1.29 is 0 Å². The summed E-state index contributed by atoms with van der Waals surface area (Å²) in [4.78, 5) is 12.1. The third-order valence-corrected chi connectivity index (χ3v) is 3.05. The van der Waals surface area contributed by atoms with E-state index < -0.39 is 0 Å². The Morgan fingerprint density at radius 2 is 2.06 bits per heavy atom. The second kappa shape index (κ2) is 4.73. The van der Waals surface area contributed by atoms with Crippen molar-refractivity contribution in [2.24, 2.45) is 0 Å². The maximum Gasteiger partial charge on any atom is 0.126 e. The van der Waals surface area contributed by atoms with Crippen molar-refractivity contribution in [3.8, 4) is 0 Å². The summed E-state index contributed by atoms with van der Waals surface area (Å²) in [5.74, 6) is 2.53. The lowest BCUT2D eigenvalue weighted by molar-refractivity contribution is 0.654. The van der Waals surface area contributed by atoms with Crippen LogP contribution in [0.5, 0.6) is 0 Å². The predicted molar refractivity (Wildman–Crippen MR) is 68.1 cm³/mol. The number of aryl methyl sites for hydroxylation is 2. The Morgan fingerprint density at radius 3 is 2.65 bits per heavy atom. The molecule has 2 rings (SSSR count). The number of imidazole rings is 2. The first-order chi connectivity index (χ1) is 8.11. The molecule has 0 aliphatic heterocycles. The minimum absolute atomic E-state index is 0.483. The normalized spacial score (nSPS) is 11.4. The molecule has 0 unspecified atom stereocenters. The number of hydrogen-bond donors (Lipinski definition) is 1. The molecule has 0 bridgehead atoms. The average molecular weight is 232 g/mol. The zero-order chi connectivity index (χ0) is 12.4. The number of hydrogen-bond acceptors (Lipinski definition) is 2. The number of aromatic nitrogens is 4. The number of rotatable bonds is 4. The molecule has 2 heterocycles. The molecule has 0 amide bonds. The fraction of sp³-hybridized carbons (Fsp3) is 0.538. The van der Waals surface area contributed by atoms with E-state index in [1.807, 2.05) is 19.3 Å². The van der Waals surface area contributed by atoms with Gasteiger partial charge in [0.05, 0.1) is 6.54 Å². The zero-order valence-corrected chi connectivity index (χ0v) is 11.0. The molecule has 0 spiro atoms. The van der Waals surface area contributed by atoms with Crippen molar-refractivity contribution in [1.29, 1.82) is 0 Å². The molecule has 2 aromatic heterocycles. The Kier molecular flexibility index (Phi) is 3.31. The Morgan fingerprint density at radius 1 is 1.29 bits per heavy atom. The molecule has 1 N–H and O–H groups in total. The largest absolute Gasteiger partial charge is 0.344 e. The summed E-state index contributed by atoms with van der Waals surface area (Å²) in [6, 6.07) is 0. The van der Waals surface area contributed by atoms with E-state index in [1.165, 1.54) is 11.4 Å². The van der Waals surface area contributed by atoms with E-state index in [4.69, 9.17) is 0 Å². The highest BCUT2D eigenvalue weighted by atomic mass is 15.1. The molecule has 4 nitrogen and oxygen atoms in total. The van der Waals surface area contributed by atoms with Gasteiger partial charge in [0, 0.05) is 23.8 Å². The molecule has 0 aliphatic carbocycles. The van der Waals surface area contributed by atoms with E-state index >= 15 is 0 Å². The summed E-state index contributed by atoms with van der Waals surface area (Å²) in [5, 5.41) is 0. The molecule has 4 heteroatoms. The smallest absolute Gasteiger partial charge is 0.126 e. The number of H-pyrrole nitrogens is 1. The second-order valence-corrected chi connectivity index (χ2v) is 4.68. The van der Waals surface area contributed by atoms with Crippen LogP contribution < -0.4 is 0 Å². The van der Waals surface area contributed by atoms with Crippen LogP contribution in [0, 0.1) is 6.92 Å². The SMILES string of the molecule is CCc1cnc(Cn2c(C(C)C)cnc2C)[nH]1. The monoisotopic (exact) mass is 232 g/mol. The second-order valence-electron chi connectivity index (χ2n) is 4.68. The molecule has 0 saturated heterocycles. The molecule has 0 radical (unpaired) electrons. The van der Waals surface area contributed by atoms with Crippen molar-refractivity contribution in [1.82, 2.24) is 19.5 Å². The van der Waals surface area contributed by atoms with Crippen molar-refractivity contribution in [2.45, 2.75) is 46.6 Å². The van der Waals surface area contributed by atoms with Gasteiger partial charge >= 0.3 is 0 Å². The van der Waals surface area contributed by atoms with Crippen LogP contribution in [0.2, 0.25) is 0 Å². The Hall–Kier alpha value is -1.58. The van der Waals surface area contributed by atoms with Gasteiger partial charge in [0.25, 0.3) is 0 Å². The van der Waals surface area contributed by atoms with Gasteiger partial charge in [-0.25, -0.2) is 9.97 Å². The van der Waals surface area contributed by atoms with Crippen LogP contribution in [0.25, 0.3) is 0 Å². The van der Waals surface area contributed by atoms with Gasteiger partial charge in [-0.05, 0) is 19.3 Å². The molecule has 2 aromatic rings. The summed E-state index contributed by atoms with van der Waals surface area (Å²) in [5.41, 5.74) is 2.45. The van der Waals surface area contributed by atoms with Crippen LogP contribution in [-0.2, 0) is 13.0 Å². The third kappa shape index (κ3) is 2.40. The lowest BCUT2D eigenvalue weighted by Gasteiger charge is -2.11. The highest BCUT2D eigenvalue weighted by Gasteiger charge is 2.11. The van der Waals surface area contributed by atoms with Crippen LogP contribution in [0.15, 0.2) is 12.4 Å². The van der Waals surface area contributed by atoms with E-state index in [9.17, 15) is 0 Å². The first-order valence-electron chi connectivity index (χ1n) is 6.16. The van der Waals surface area contributed by atoms with Crippen LogP contribution in [0.1, 0.15) is 49.7 Å².